The van der Waals surface area contributed by atoms with Crippen LogP contribution >= 0.6 is 11.6 Å². The normalized spacial score (nSPS) is 22.7. The lowest BCUT2D eigenvalue weighted by Crippen LogP contribution is -2.58. The smallest absolute Gasteiger partial charge is 0.350 e. The van der Waals surface area contributed by atoms with Crippen LogP contribution in [0.25, 0.3) is 22.0 Å². The zero-order valence-electron chi connectivity index (χ0n) is 25.1. The molecule has 0 spiro atoms. The highest BCUT2D eigenvalue weighted by atomic mass is 35.5. The van der Waals surface area contributed by atoms with Gasteiger partial charge in [-0.15, -0.1) is 0 Å². The van der Waals surface area contributed by atoms with Gasteiger partial charge < -0.3 is 24.2 Å². The molecule has 44 heavy (non-hydrogen) atoms. The minimum absolute atomic E-state index is 0.0604. The van der Waals surface area contributed by atoms with Crippen LogP contribution in [0.1, 0.15) is 32.7 Å². The number of aromatic nitrogens is 2. The van der Waals surface area contributed by atoms with Gasteiger partial charge in [-0.25, -0.2) is 13.6 Å². The summed E-state index contributed by atoms with van der Waals surface area (Å²) in [6, 6.07) is 4.08. The molecular formula is C32H36ClF2N5O4. The number of hydrogen-bond donors (Lipinski definition) is 0. The lowest BCUT2D eigenvalue weighted by molar-refractivity contribution is -0.128. The van der Waals surface area contributed by atoms with Crippen molar-refractivity contribution in [2.24, 2.45) is 0 Å². The maximum absolute atomic E-state index is 15.2. The van der Waals surface area contributed by atoms with Gasteiger partial charge in [0, 0.05) is 60.8 Å². The molecule has 3 aliphatic rings. The SMILES string of the molecule is C=CC(=O)N1C[C@H](C)N(c2nc(=O)n3c4c(c(-c5ccc(F)cc5F)c(Cl)cc24)OC[C@@H]3COC2CCN(C)CC2)C[C@H]1C. The van der Waals surface area contributed by atoms with Gasteiger partial charge in [0.15, 0.2) is 5.75 Å². The molecule has 234 valence electrons. The molecule has 0 unspecified atom stereocenters. The van der Waals surface area contributed by atoms with Crippen LogP contribution in [0.15, 0.2) is 41.7 Å². The number of amides is 1. The van der Waals surface area contributed by atoms with Crippen LogP contribution in [0.4, 0.5) is 14.6 Å². The second-order valence-electron chi connectivity index (χ2n) is 12.0. The molecule has 1 amide bonds. The van der Waals surface area contributed by atoms with E-state index in [0.29, 0.717) is 29.8 Å². The second kappa shape index (κ2) is 12.1. The van der Waals surface area contributed by atoms with Gasteiger partial charge in [0.1, 0.15) is 24.1 Å². The predicted molar refractivity (Wildman–Crippen MR) is 166 cm³/mol. The van der Waals surface area contributed by atoms with Crippen molar-refractivity contribution >= 4 is 34.2 Å². The molecule has 2 fully saturated rings. The number of benzene rings is 2. The van der Waals surface area contributed by atoms with Gasteiger partial charge in [0.25, 0.3) is 0 Å². The van der Waals surface area contributed by atoms with Crippen LogP contribution in [-0.4, -0.2) is 89.9 Å². The first kappa shape index (κ1) is 30.5. The highest BCUT2D eigenvalue weighted by Gasteiger charge is 2.36. The minimum atomic E-state index is -0.799. The topological polar surface area (TPSA) is 80.1 Å². The van der Waals surface area contributed by atoms with E-state index in [2.05, 4.69) is 23.5 Å². The quantitative estimate of drug-likeness (QED) is 0.368. The van der Waals surface area contributed by atoms with E-state index in [-0.39, 0.29) is 59.2 Å². The summed E-state index contributed by atoms with van der Waals surface area (Å²) in [6.45, 7) is 10.5. The number of hydrogen-bond acceptors (Lipinski definition) is 7. The molecule has 2 saturated heterocycles. The van der Waals surface area contributed by atoms with Crippen molar-refractivity contribution in [2.45, 2.75) is 50.9 Å². The third-order valence-electron chi connectivity index (χ3n) is 8.99. The Morgan fingerprint density at radius 1 is 1.18 bits per heavy atom. The Balaban J connectivity index is 1.48. The van der Waals surface area contributed by atoms with Crippen molar-refractivity contribution < 1.29 is 23.0 Å². The lowest BCUT2D eigenvalue weighted by Gasteiger charge is -2.45. The van der Waals surface area contributed by atoms with E-state index in [1.165, 1.54) is 12.1 Å². The molecule has 3 atom stereocenters. The summed E-state index contributed by atoms with van der Waals surface area (Å²) < 4.78 is 43.2. The highest BCUT2D eigenvalue weighted by molar-refractivity contribution is 6.35. The monoisotopic (exact) mass is 627 g/mol. The summed E-state index contributed by atoms with van der Waals surface area (Å²) in [6.07, 6.45) is 3.15. The molecule has 9 nitrogen and oxygen atoms in total. The molecule has 0 saturated carbocycles. The summed E-state index contributed by atoms with van der Waals surface area (Å²) in [7, 11) is 2.08. The molecule has 0 N–H and O–H groups in total. The maximum Gasteiger partial charge on any atom is 0.350 e. The average molecular weight is 628 g/mol. The standard InChI is InChI=1S/C32H36ClF2N5O4/c1-5-27(41)38-14-19(3)39(15-18(38)2)31-24-13-25(33)28(23-7-6-20(34)12-26(23)35)30-29(24)40(32(42)36-31)21(17-44-30)16-43-22-8-10-37(4)11-9-22/h5-7,12-13,18-19,21-22H,1,8-11,14-17H2,2-4H3/t18-,19+,21+/m1/s1. The van der Waals surface area contributed by atoms with Gasteiger partial charge in [0.2, 0.25) is 5.91 Å². The fourth-order valence-electron chi connectivity index (χ4n) is 6.59. The molecule has 0 bridgehead atoms. The first-order valence-electron chi connectivity index (χ1n) is 14.9. The molecular weight excluding hydrogens is 592 g/mol. The van der Waals surface area contributed by atoms with Gasteiger partial charge in [-0.1, -0.05) is 18.2 Å². The van der Waals surface area contributed by atoms with Gasteiger partial charge in [-0.05, 0) is 58.0 Å². The van der Waals surface area contributed by atoms with E-state index in [4.69, 9.17) is 21.1 Å². The fraction of sp³-hybridized carbons (Fsp3) is 0.469. The van der Waals surface area contributed by atoms with Crippen LogP contribution in [0.2, 0.25) is 5.02 Å². The molecule has 0 aliphatic carbocycles. The Morgan fingerprint density at radius 3 is 2.64 bits per heavy atom. The largest absolute Gasteiger partial charge is 0.488 e. The van der Waals surface area contributed by atoms with Gasteiger partial charge in [0.05, 0.1) is 29.3 Å². The number of carbonyl (C=O) groups excluding carboxylic acids is 1. The second-order valence-corrected chi connectivity index (χ2v) is 12.4. The summed E-state index contributed by atoms with van der Waals surface area (Å²) >= 11 is 6.85. The van der Waals surface area contributed by atoms with Gasteiger partial charge in [-0.2, -0.15) is 4.98 Å². The number of halogens is 3. The third-order valence-corrected chi connectivity index (χ3v) is 9.29. The van der Waals surface area contributed by atoms with Crippen LogP contribution in [0, 0.1) is 11.6 Å². The van der Waals surface area contributed by atoms with Crippen molar-refractivity contribution in [3.8, 4) is 16.9 Å². The number of likely N-dealkylation sites (tertiary alicyclic amines) is 1. The minimum Gasteiger partial charge on any atom is -0.488 e. The van der Waals surface area contributed by atoms with Gasteiger partial charge in [-0.3, -0.25) is 9.36 Å². The summed E-state index contributed by atoms with van der Waals surface area (Å²) in [5.41, 5.74) is 0.229. The number of ether oxygens (including phenoxy) is 2. The van der Waals surface area contributed by atoms with Crippen molar-refractivity contribution in [3.05, 3.63) is 64.1 Å². The fourth-order valence-corrected chi connectivity index (χ4v) is 6.89. The highest BCUT2D eigenvalue weighted by Crippen LogP contribution is 2.47. The van der Waals surface area contributed by atoms with Crippen LogP contribution in [0.5, 0.6) is 5.75 Å². The van der Waals surface area contributed by atoms with E-state index < -0.39 is 23.4 Å². The summed E-state index contributed by atoms with van der Waals surface area (Å²) in [4.78, 5) is 37.0. The number of carbonyl (C=O) groups is 1. The van der Waals surface area contributed by atoms with Crippen molar-refractivity contribution in [3.63, 3.8) is 0 Å². The van der Waals surface area contributed by atoms with E-state index in [0.717, 1.165) is 38.1 Å². The Hall–Kier alpha value is -3.54. The molecule has 3 aromatic rings. The molecule has 2 aromatic carbocycles. The number of anilines is 1. The summed E-state index contributed by atoms with van der Waals surface area (Å²) in [5, 5.41) is 0.732. The molecule has 4 heterocycles. The first-order valence-corrected chi connectivity index (χ1v) is 15.3. The third kappa shape index (κ3) is 5.46. The average Bonchev–Trinajstić information content (AvgIpc) is 3.00. The molecule has 1 aromatic heterocycles. The first-order chi connectivity index (χ1) is 21.1. The Labute approximate surface area is 259 Å². The molecule has 6 rings (SSSR count). The zero-order valence-corrected chi connectivity index (χ0v) is 25.8. The molecule has 0 radical (unpaired) electrons. The maximum atomic E-state index is 15.2. The Morgan fingerprint density at radius 2 is 1.93 bits per heavy atom. The number of nitrogens with zero attached hydrogens (tertiary/aromatic N) is 5. The van der Waals surface area contributed by atoms with Crippen LogP contribution in [-0.2, 0) is 9.53 Å². The van der Waals surface area contributed by atoms with E-state index >= 15 is 4.39 Å². The number of rotatable bonds is 6. The predicted octanol–water partition coefficient (Wildman–Crippen LogP) is 4.65. The summed E-state index contributed by atoms with van der Waals surface area (Å²) in [5.74, 6) is -1.04. The van der Waals surface area contributed by atoms with Crippen molar-refractivity contribution in [1.29, 1.82) is 0 Å². The lowest BCUT2D eigenvalue weighted by atomic mass is 9.99. The molecule has 3 aliphatic heterocycles. The van der Waals surface area contributed by atoms with E-state index in [9.17, 15) is 14.0 Å². The Kier molecular flexibility index (Phi) is 8.38. The van der Waals surface area contributed by atoms with Crippen molar-refractivity contribution in [2.75, 3.05) is 51.3 Å². The van der Waals surface area contributed by atoms with Crippen LogP contribution in [0.3, 0.4) is 0 Å². The number of piperazine rings is 1. The number of piperidine rings is 1. The van der Waals surface area contributed by atoms with Gasteiger partial charge >= 0.3 is 5.69 Å². The van der Waals surface area contributed by atoms with E-state index in [1.807, 2.05) is 18.7 Å². The molecule has 12 heteroatoms. The van der Waals surface area contributed by atoms with Crippen molar-refractivity contribution in [1.82, 2.24) is 19.4 Å². The van der Waals surface area contributed by atoms with Crippen LogP contribution < -0.4 is 15.3 Å². The zero-order chi connectivity index (χ0) is 31.3. The Bertz CT molecular complexity index is 1670. The van der Waals surface area contributed by atoms with E-state index in [1.54, 1.807) is 15.5 Å².